The van der Waals surface area contributed by atoms with E-state index in [9.17, 15) is 9.59 Å². The number of hydrogen-bond acceptors (Lipinski definition) is 4. The molecule has 0 fully saturated rings. The first-order valence-corrected chi connectivity index (χ1v) is 9.60. The first-order valence-electron chi connectivity index (χ1n) is 9.60. The maximum absolute atomic E-state index is 12.8. The highest BCUT2D eigenvalue weighted by atomic mass is 16.3. The van der Waals surface area contributed by atoms with Crippen LogP contribution in [0.4, 0.5) is 5.69 Å². The number of aryl methyl sites for hydroxylation is 1. The molecule has 154 valence electrons. The fraction of sp³-hybridized carbons (Fsp3) is 0.167. The predicted octanol–water partition coefficient (Wildman–Crippen LogP) is 3.74. The van der Waals surface area contributed by atoms with Gasteiger partial charge in [-0.3, -0.25) is 9.59 Å². The van der Waals surface area contributed by atoms with Gasteiger partial charge < -0.3 is 20.0 Å². The van der Waals surface area contributed by atoms with Crippen molar-refractivity contribution in [2.45, 2.75) is 13.5 Å². The quantitative estimate of drug-likeness (QED) is 0.590. The Bertz CT molecular complexity index is 1020. The third kappa shape index (κ3) is 5.61. The zero-order valence-electron chi connectivity index (χ0n) is 17.3. The fourth-order valence-corrected chi connectivity index (χ4v) is 2.77. The standard InChI is InChI=1S/C24H25N3O3/c1-17-6-10-19(11-7-17)23(28)26-22(24(29)25-16-21-5-4-14-30-21)15-18-8-12-20(13-9-18)27(2)3/h4-15H,16H2,1-3H3,(H,25,29)(H,26,28). The number of rotatable bonds is 7. The van der Waals surface area contributed by atoms with Crippen LogP contribution in [0.1, 0.15) is 27.2 Å². The number of carbonyl (C=O) groups excluding carboxylic acids is 2. The van der Waals surface area contributed by atoms with Crippen molar-refractivity contribution in [2.75, 3.05) is 19.0 Å². The minimum absolute atomic E-state index is 0.157. The summed E-state index contributed by atoms with van der Waals surface area (Å²) < 4.78 is 5.25. The topological polar surface area (TPSA) is 74.6 Å². The van der Waals surface area contributed by atoms with Crippen LogP contribution in [0, 0.1) is 6.92 Å². The molecule has 0 atom stereocenters. The van der Waals surface area contributed by atoms with Gasteiger partial charge in [-0.25, -0.2) is 0 Å². The highest BCUT2D eigenvalue weighted by Gasteiger charge is 2.15. The molecule has 3 aromatic rings. The summed E-state index contributed by atoms with van der Waals surface area (Å²) in [5.74, 6) is -0.120. The molecule has 0 spiro atoms. The molecule has 0 radical (unpaired) electrons. The number of furan rings is 1. The van der Waals surface area contributed by atoms with Gasteiger partial charge in [-0.1, -0.05) is 29.8 Å². The van der Waals surface area contributed by atoms with Crippen LogP contribution in [0.15, 0.2) is 77.0 Å². The smallest absolute Gasteiger partial charge is 0.268 e. The molecule has 0 aliphatic carbocycles. The molecule has 2 aromatic carbocycles. The van der Waals surface area contributed by atoms with Crippen molar-refractivity contribution in [1.82, 2.24) is 10.6 Å². The molecular weight excluding hydrogens is 378 g/mol. The average Bonchev–Trinajstić information content (AvgIpc) is 3.26. The molecule has 2 N–H and O–H groups in total. The Morgan fingerprint density at radius 2 is 1.70 bits per heavy atom. The Morgan fingerprint density at radius 3 is 2.30 bits per heavy atom. The third-order valence-corrected chi connectivity index (χ3v) is 4.53. The second-order valence-corrected chi connectivity index (χ2v) is 7.13. The van der Waals surface area contributed by atoms with E-state index in [1.165, 1.54) is 0 Å². The molecule has 30 heavy (non-hydrogen) atoms. The van der Waals surface area contributed by atoms with Gasteiger partial charge in [0.2, 0.25) is 0 Å². The van der Waals surface area contributed by atoms with Gasteiger partial charge in [-0.2, -0.15) is 0 Å². The molecule has 1 aromatic heterocycles. The first kappa shape index (κ1) is 20.9. The van der Waals surface area contributed by atoms with Crippen molar-refractivity contribution in [3.05, 3.63) is 95.1 Å². The van der Waals surface area contributed by atoms with E-state index in [1.807, 2.05) is 62.3 Å². The average molecular weight is 403 g/mol. The molecule has 6 nitrogen and oxygen atoms in total. The number of nitrogens with zero attached hydrogens (tertiary/aromatic N) is 1. The van der Waals surface area contributed by atoms with E-state index < -0.39 is 5.91 Å². The summed E-state index contributed by atoms with van der Waals surface area (Å²) in [6.45, 7) is 2.18. The lowest BCUT2D eigenvalue weighted by molar-refractivity contribution is -0.118. The van der Waals surface area contributed by atoms with Crippen LogP contribution in [0.2, 0.25) is 0 Å². The number of carbonyl (C=O) groups is 2. The van der Waals surface area contributed by atoms with Crippen molar-refractivity contribution in [2.24, 2.45) is 0 Å². The molecule has 2 amide bonds. The Hall–Kier alpha value is -3.80. The molecule has 0 bridgehead atoms. The molecule has 0 saturated heterocycles. The minimum Gasteiger partial charge on any atom is -0.467 e. The van der Waals surface area contributed by atoms with Gasteiger partial charge in [0.25, 0.3) is 11.8 Å². The molecule has 3 rings (SSSR count). The van der Waals surface area contributed by atoms with Gasteiger partial charge >= 0.3 is 0 Å². The Morgan fingerprint density at radius 1 is 1.00 bits per heavy atom. The fourth-order valence-electron chi connectivity index (χ4n) is 2.77. The molecule has 0 aliphatic rings. The van der Waals surface area contributed by atoms with E-state index in [-0.39, 0.29) is 18.1 Å². The van der Waals surface area contributed by atoms with Crippen molar-refractivity contribution in [3.8, 4) is 0 Å². The van der Waals surface area contributed by atoms with E-state index in [0.29, 0.717) is 11.3 Å². The zero-order chi connectivity index (χ0) is 21.5. The monoisotopic (exact) mass is 403 g/mol. The lowest BCUT2D eigenvalue weighted by Crippen LogP contribution is -2.34. The lowest BCUT2D eigenvalue weighted by Gasteiger charge is -2.13. The van der Waals surface area contributed by atoms with Gasteiger partial charge in [0.1, 0.15) is 11.5 Å². The highest BCUT2D eigenvalue weighted by Crippen LogP contribution is 2.15. The van der Waals surface area contributed by atoms with Crippen LogP contribution in [0.25, 0.3) is 6.08 Å². The van der Waals surface area contributed by atoms with Crippen molar-refractivity contribution < 1.29 is 14.0 Å². The van der Waals surface area contributed by atoms with Gasteiger partial charge in [-0.05, 0) is 55.0 Å². The van der Waals surface area contributed by atoms with Crippen LogP contribution in [-0.4, -0.2) is 25.9 Å². The van der Waals surface area contributed by atoms with Crippen molar-refractivity contribution in [1.29, 1.82) is 0 Å². The Balaban J connectivity index is 1.81. The number of benzene rings is 2. The minimum atomic E-state index is -0.399. The maximum Gasteiger partial charge on any atom is 0.268 e. The number of anilines is 1. The normalized spacial score (nSPS) is 11.1. The van der Waals surface area contributed by atoms with Crippen LogP contribution < -0.4 is 15.5 Å². The van der Waals surface area contributed by atoms with Crippen molar-refractivity contribution in [3.63, 3.8) is 0 Å². The molecule has 6 heteroatoms. The van der Waals surface area contributed by atoms with Crippen molar-refractivity contribution >= 4 is 23.6 Å². The van der Waals surface area contributed by atoms with Gasteiger partial charge in [-0.15, -0.1) is 0 Å². The molecule has 0 unspecified atom stereocenters. The SMILES string of the molecule is Cc1ccc(C(=O)NC(=Cc2ccc(N(C)C)cc2)C(=O)NCc2ccco2)cc1. The summed E-state index contributed by atoms with van der Waals surface area (Å²) in [6, 6.07) is 18.4. The van der Waals surface area contributed by atoms with Gasteiger partial charge in [0.15, 0.2) is 0 Å². The summed E-state index contributed by atoms with van der Waals surface area (Å²) in [7, 11) is 3.92. The Kier molecular flexibility index (Phi) is 6.70. The second-order valence-electron chi connectivity index (χ2n) is 7.13. The van der Waals surface area contributed by atoms with E-state index in [0.717, 1.165) is 16.8 Å². The van der Waals surface area contributed by atoms with E-state index in [1.54, 1.807) is 36.6 Å². The number of hydrogen-bond donors (Lipinski definition) is 2. The van der Waals surface area contributed by atoms with Crippen LogP contribution in [0.5, 0.6) is 0 Å². The number of nitrogens with one attached hydrogen (secondary N) is 2. The molecule has 0 saturated carbocycles. The molecular formula is C24H25N3O3. The summed E-state index contributed by atoms with van der Waals surface area (Å²) in [5.41, 5.74) is 3.53. The van der Waals surface area contributed by atoms with Crippen LogP contribution in [-0.2, 0) is 11.3 Å². The van der Waals surface area contributed by atoms with Crippen LogP contribution in [0.3, 0.4) is 0 Å². The summed E-state index contributed by atoms with van der Waals surface area (Å²) >= 11 is 0. The third-order valence-electron chi connectivity index (χ3n) is 4.53. The van der Waals surface area contributed by atoms with E-state index in [4.69, 9.17) is 4.42 Å². The molecule has 0 aliphatic heterocycles. The lowest BCUT2D eigenvalue weighted by atomic mass is 10.1. The number of amides is 2. The maximum atomic E-state index is 12.8. The van der Waals surface area contributed by atoms with Gasteiger partial charge in [0, 0.05) is 25.3 Å². The largest absolute Gasteiger partial charge is 0.467 e. The van der Waals surface area contributed by atoms with Crippen LogP contribution >= 0.6 is 0 Å². The van der Waals surface area contributed by atoms with Gasteiger partial charge in [0.05, 0.1) is 12.8 Å². The highest BCUT2D eigenvalue weighted by molar-refractivity contribution is 6.05. The summed E-state index contributed by atoms with van der Waals surface area (Å²) in [4.78, 5) is 27.5. The van der Waals surface area contributed by atoms with E-state index in [2.05, 4.69) is 10.6 Å². The first-order chi connectivity index (χ1) is 14.4. The second kappa shape index (κ2) is 9.60. The van der Waals surface area contributed by atoms with E-state index >= 15 is 0 Å². The Labute approximate surface area is 176 Å². The zero-order valence-corrected chi connectivity index (χ0v) is 17.3. The predicted molar refractivity (Wildman–Crippen MR) is 118 cm³/mol. The summed E-state index contributed by atoms with van der Waals surface area (Å²) in [5, 5.41) is 5.51. The summed E-state index contributed by atoms with van der Waals surface area (Å²) in [6.07, 6.45) is 3.20. The molecule has 1 heterocycles.